The largest absolute Gasteiger partial charge is 0.384 e. The third kappa shape index (κ3) is 3.44. The molecule has 1 saturated carbocycles. The predicted octanol–water partition coefficient (Wildman–Crippen LogP) is 3.32. The van der Waals surface area contributed by atoms with Gasteiger partial charge in [-0.15, -0.1) is 11.8 Å². The summed E-state index contributed by atoms with van der Waals surface area (Å²) in [5, 5.41) is 7.88. The summed E-state index contributed by atoms with van der Waals surface area (Å²) in [5.74, 6) is 1.01. The lowest BCUT2D eigenvalue weighted by molar-refractivity contribution is 0.707. The first-order chi connectivity index (χ1) is 9.17. The first kappa shape index (κ1) is 14.3. The molecule has 0 amide bonds. The Balaban J connectivity index is 2.35. The number of thioether (sulfide) groups is 1. The van der Waals surface area contributed by atoms with Crippen LogP contribution in [0.2, 0.25) is 0 Å². The van der Waals surface area contributed by atoms with Gasteiger partial charge in [-0.25, -0.2) is 0 Å². The van der Waals surface area contributed by atoms with Crippen LogP contribution < -0.4 is 10.6 Å². The Morgan fingerprint density at radius 3 is 2.74 bits per heavy atom. The first-order valence-electron chi connectivity index (χ1n) is 6.93. The number of nitrogens with zero attached hydrogens (tertiary/aromatic N) is 1. The van der Waals surface area contributed by atoms with Crippen LogP contribution in [0.4, 0.5) is 5.69 Å². The standard InChI is InChI=1S/C15H23N3S/c1-3-9-18(10-11-7-8-11)12-5-4-6-13(19-2)14(12)15(16)17/h4-6,11H,3,7-10H2,1-2H3,(H3,16,17). The summed E-state index contributed by atoms with van der Waals surface area (Å²) in [6.07, 6.45) is 5.85. The Labute approximate surface area is 120 Å². The van der Waals surface area contributed by atoms with Crippen molar-refractivity contribution in [2.24, 2.45) is 11.7 Å². The van der Waals surface area contributed by atoms with E-state index in [2.05, 4.69) is 24.0 Å². The summed E-state index contributed by atoms with van der Waals surface area (Å²) in [6, 6.07) is 6.23. The molecular formula is C15H23N3S. The lowest BCUT2D eigenvalue weighted by atomic mass is 10.1. The molecule has 1 aliphatic rings. The summed E-state index contributed by atoms with van der Waals surface area (Å²) >= 11 is 1.66. The van der Waals surface area contributed by atoms with Crippen molar-refractivity contribution in [2.75, 3.05) is 24.2 Å². The second-order valence-electron chi connectivity index (χ2n) is 5.16. The van der Waals surface area contributed by atoms with E-state index < -0.39 is 0 Å². The number of benzene rings is 1. The molecule has 0 saturated heterocycles. The second-order valence-corrected chi connectivity index (χ2v) is 6.01. The van der Waals surface area contributed by atoms with Crippen LogP contribution in [0.25, 0.3) is 0 Å². The fourth-order valence-electron chi connectivity index (χ4n) is 2.42. The Hall–Kier alpha value is -1.16. The zero-order valence-electron chi connectivity index (χ0n) is 11.8. The topological polar surface area (TPSA) is 53.1 Å². The van der Waals surface area contributed by atoms with E-state index in [-0.39, 0.29) is 5.84 Å². The van der Waals surface area contributed by atoms with E-state index in [4.69, 9.17) is 11.1 Å². The summed E-state index contributed by atoms with van der Waals surface area (Å²) in [4.78, 5) is 3.51. The van der Waals surface area contributed by atoms with E-state index in [1.165, 1.54) is 12.8 Å². The predicted molar refractivity (Wildman–Crippen MR) is 84.5 cm³/mol. The number of nitrogens with one attached hydrogen (secondary N) is 1. The van der Waals surface area contributed by atoms with Gasteiger partial charge in [-0.2, -0.15) is 0 Å². The molecule has 104 valence electrons. The van der Waals surface area contributed by atoms with Gasteiger partial charge in [-0.1, -0.05) is 13.0 Å². The molecule has 0 spiro atoms. The summed E-state index contributed by atoms with van der Waals surface area (Å²) in [6.45, 7) is 4.34. The monoisotopic (exact) mass is 277 g/mol. The summed E-state index contributed by atoms with van der Waals surface area (Å²) < 4.78 is 0. The summed E-state index contributed by atoms with van der Waals surface area (Å²) in [5.41, 5.74) is 7.85. The highest BCUT2D eigenvalue weighted by atomic mass is 32.2. The molecule has 2 rings (SSSR count). The maximum absolute atomic E-state index is 7.88. The van der Waals surface area contributed by atoms with Crippen LogP contribution in [0.15, 0.2) is 23.1 Å². The maximum Gasteiger partial charge on any atom is 0.126 e. The van der Waals surface area contributed by atoms with E-state index >= 15 is 0 Å². The smallest absolute Gasteiger partial charge is 0.126 e. The van der Waals surface area contributed by atoms with E-state index in [0.29, 0.717) is 0 Å². The van der Waals surface area contributed by atoms with Gasteiger partial charge in [0.25, 0.3) is 0 Å². The van der Waals surface area contributed by atoms with Gasteiger partial charge in [0.1, 0.15) is 5.84 Å². The fourth-order valence-corrected chi connectivity index (χ4v) is 3.05. The van der Waals surface area contributed by atoms with Crippen molar-refractivity contribution < 1.29 is 0 Å². The van der Waals surface area contributed by atoms with Gasteiger partial charge in [0.15, 0.2) is 0 Å². The van der Waals surface area contributed by atoms with Gasteiger partial charge in [0.2, 0.25) is 0 Å². The number of nitrogen functional groups attached to an aromatic ring is 1. The molecule has 3 N–H and O–H groups in total. The molecule has 0 atom stereocenters. The zero-order chi connectivity index (χ0) is 13.8. The minimum Gasteiger partial charge on any atom is -0.384 e. The Morgan fingerprint density at radius 2 is 2.21 bits per heavy atom. The minimum atomic E-state index is 0.178. The van der Waals surface area contributed by atoms with E-state index in [9.17, 15) is 0 Å². The Morgan fingerprint density at radius 1 is 1.47 bits per heavy atom. The van der Waals surface area contributed by atoms with Crippen molar-refractivity contribution in [1.29, 1.82) is 5.41 Å². The second kappa shape index (κ2) is 6.33. The molecule has 1 aliphatic carbocycles. The van der Waals surface area contributed by atoms with Crippen LogP contribution in [0.1, 0.15) is 31.7 Å². The van der Waals surface area contributed by atoms with Gasteiger partial charge < -0.3 is 10.6 Å². The highest BCUT2D eigenvalue weighted by Crippen LogP contribution is 2.34. The van der Waals surface area contributed by atoms with Gasteiger partial charge in [-0.3, -0.25) is 5.41 Å². The van der Waals surface area contributed by atoms with Gasteiger partial charge >= 0.3 is 0 Å². The zero-order valence-corrected chi connectivity index (χ0v) is 12.6. The van der Waals surface area contributed by atoms with Crippen molar-refractivity contribution in [3.05, 3.63) is 23.8 Å². The molecule has 1 fully saturated rings. The lowest BCUT2D eigenvalue weighted by Gasteiger charge is -2.27. The van der Waals surface area contributed by atoms with Crippen LogP contribution in [0, 0.1) is 11.3 Å². The van der Waals surface area contributed by atoms with Crippen LogP contribution in [0.3, 0.4) is 0 Å². The van der Waals surface area contributed by atoms with Crippen molar-refractivity contribution in [2.45, 2.75) is 31.1 Å². The van der Waals surface area contributed by atoms with Crippen molar-refractivity contribution >= 4 is 23.3 Å². The minimum absolute atomic E-state index is 0.178. The molecule has 1 aromatic carbocycles. The molecule has 3 nitrogen and oxygen atoms in total. The number of hydrogen-bond acceptors (Lipinski definition) is 3. The number of amidine groups is 1. The molecule has 0 radical (unpaired) electrons. The Kier molecular flexibility index (Phi) is 4.75. The average Bonchev–Trinajstić information content (AvgIpc) is 3.21. The van der Waals surface area contributed by atoms with Gasteiger partial charge in [-0.05, 0) is 43.6 Å². The quantitative estimate of drug-likeness (QED) is 0.457. The van der Waals surface area contributed by atoms with Crippen LogP contribution >= 0.6 is 11.8 Å². The molecular weight excluding hydrogens is 254 g/mol. The lowest BCUT2D eigenvalue weighted by Crippen LogP contribution is -2.29. The molecule has 0 aromatic heterocycles. The number of nitrogens with two attached hydrogens (primary N) is 1. The SMILES string of the molecule is CCCN(CC1CC1)c1cccc(SC)c1C(=N)N. The number of rotatable bonds is 7. The molecule has 0 heterocycles. The van der Waals surface area contributed by atoms with Crippen LogP contribution in [-0.4, -0.2) is 25.2 Å². The van der Waals surface area contributed by atoms with Gasteiger partial charge in [0, 0.05) is 23.7 Å². The molecule has 0 bridgehead atoms. The molecule has 0 unspecified atom stereocenters. The maximum atomic E-state index is 7.88. The fraction of sp³-hybridized carbons (Fsp3) is 0.533. The van der Waals surface area contributed by atoms with Crippen molar-refractivity contribution in [1.82, 2.24) is 0 Å². The van der Waals surface area contributed by atoms with Gasteiger partial charge in [0.05, 0.1) is 5.56 Å². The highest BCUT2D eigenvalue weighted by molar-refractivity contribution is 7.98. The third-order valence-corrected chi connectivity index (χ3v) is 4.28. The third-order valence-electron chi connectivity index (χ3n) is 3.50. The molecule has 1 aromatic rings. The average molecular weight is 277 g/mol. The highest BCUT2D eigenvalue weighted by Gasteiger charge is 2.26. The summed E-state index contributed by atoms with van der Waals surface area (Å²) in [7, 11) is 0. The Bertz CT molecular complexity index is 455. The van der Waals surface area contributed by atoms with Crippen LogP contribution in [-0.2, 0) is 0 Å². The van der Waals surface area contributed by atoms with E-state index in [0.717, 1.165) is 41.6 Å². The van der Waals surface area contributed by atoms with Crippen molar-refractivity contribution in [3.8, 4) is 0 Å². The number of hydrogen-bond donors (Lipinski definition) is 2. The number of anilines is 1. The molecule has 4 heteroatoms. The molecule has 0 aliphatic heterocycles. The van der Waals surface area contributed by atoms with Crippen molar-refractivity contribution in [3.63, 3.8) is 0 Å². The van der Waals surface area contributed by atoms with Crippen LogP contribution in [0.5, 0.6) is 0 Å². The molecule has 19 heavy (non-hydrogen) atoms. The van der Waals surface area contributed by atoms with E-state index in [1.807, 2.05) is 12.3 Å². The first-order valence-corrected chi connectivity index (χ1v) is 8.16. The normalized spacial score (nSPS) is 14.4. The van der Waals surface area contributed by atoms with E-state index in [1.54, 1.807) is 11.8 Å².